The minimum absolute atomic E-state index is 0.274. The van der Waals surface area contributed by atoms with Crippen molar-refractivity contribution >= 4 is 5.95 Å². The van der Waals surface area contributed by atoms with E-state index in [1.807, 2.05) is 4.90 Å². The lowest BCUT2D eigenvalue weighted by Gasteiger charge is -2.35. The molecule has 0 amide bonds. The molecule has 0 bridgehead atoms. The lowest BCUT2D eigenvalue weighted by atomic mass is 10.1. The van der Waals surface area contributed by atoms with Crippen molar-refractivity contribution in [1.82, 2.24) is 14.9 Å². The number of halogens is 3. The van der Waals surface area contributed by atoms with Crippen LogP contribution >= 0.6 is 0 Å². The Morgan fingerprint density at radius 2 is 1.80 bits per heavy atom. The number of rotatable bonds is 3. The third-order valence-corrected chi connectivity index (χ3v) is 3.20. The topological polar surface area (TPSA) is 56.1 Å². The third-order valence-electron chi connectivity index (χ3n) is 3.20. The van der Waals surface area contributed by atoms with Crippen LogP contribution < -0.4 is 4.90 Å². The Balaban J connectivity index is 1.87. The Morgan fingerprint density at radius 1 is 1.20 bits per heavy atom. The number of nitriles is 1. The first-order valence-electron chi connectivity index (χ1n) is 6.21. The zero-order chi connectivity index (χ0) is 14.6. The maximum atomic E-state index is 12.5. The summed E-state index contributed by atoms with van der Waals surface area (Å²) in [7, 11) is 0. The first-order valence-corrected chi connectivity index (χ1v) is 6.21. The van der Waals surface area contributed by atoms with E-state index in [2.05, 4.69) is 9.97 Å². The Hall–Kier alpha value is -1.88. The first-order chi connectivity index (χ1) is 9.50. The van der Waals surface area contributed by atoms with Gasteiger partial charge in [-0.25, -0.2) is 9.97 Å². The molecule has 108 valence electrons. The monoisotopic (exact) mass is 285 g/mol. The van der Waals surface area contributed by atoms with Crippen LogP contribution in [-0.2, 0) is 0 Å². The van der Waals surface area contributed by atoms with Crippen molar-refractivity contribution < 1.29 is 13.2 Å². The van der Waals surface area contributed by atoms with E-state index in [0.29, 0.717) is 32.1 Å². The van der Waals surface area contributed by atoms with Gasteiger partial charge in [0.2, 0.25) is 5.95 Å². The molecule has 1 aromatic rings. The van der Waals surface area contributed by atoms with E-state index < -0.39 is 12.1 Å². The molecular formula is C12H14F3N5. The molecule has 0 spiro atoms. The van der Waals surface area contributed by atoms with Crippen molar-refractivity contribution in [1.29, 1.82) is 5.26 Å². The predicted molar refractivity (Wildman–Crippen MR) is 65.8 cm³/mol. The normalized spacial score (nSPS) is 18.6. The van der Waals surface area contributed by atoms with Crippen LogP contribution in [0.4, 0.5) is 19.1 Å². The highest BCUT2D eigenvalue weighted by Gasteiger charge is 2.41. The Bertz CT molecular complexity index is 462. The lowest BCUT2D eigenvalue weighted by molar-refractivity contribution is -0.163. The average molecular weight is 285 g/mol. The molecule has 0 aliphatic carbocycles. The number of aromatic nitrogens is 2. The van der Waals surface area contributed by atoms with E-state index in [9.17, 15) is 13.2 Å². The van der Waals surface area contributed by atoms with Gasteiger partial charge in [-0.3, -0.25) is 4.90 Å². The van der Waals surface area contributed by atoms with E-state index in [1.165, 1.54) is 6.07 Å². The van der Waals surface area contributed by atoms with Crippen LogP contribution in [0.5, 0.6) is 0 Å². The van der Waals surface area contributed by atoms with Gasteiger partial charge in [-0.15, -0.1) is 0 Å². The number of anilines is 1. The third kappa shape index (κ3) is 3.57. The fourth-order valence-electron chi connectivity index (χ4n) is 2.06. The summed E-state index contributed by atoms with van der Waals surface area (Å²) in [5.74, 6) is -1.35. The van der Waals surface area contributed by atoms with Gasteiger partial charge < -0.3 is 4.90 Å². The maximum Gasteiger partial charge on any atom is 0.405 e. The zero-order valence-electron chi connectivity index (χ0n) is 10.7. The minimum Gasteiger partial charge on any atom is -0.338 e. The summed E-state index contributed by atoms with van der Waals surface area (Å²) in [5, 5.41) is 8.60. The summed E-state index contributed by atoms with van der Waals surface area (Å²) in [5.41, 5.74) is 0. The van der Waals surface area contributed by atoms with Crippen LogP contribution in [-0.4, -0.2) is 53.8 Å². The summed E-state index contributed by atoms with van der Waals surface area (Å²) in [6, 6.07) is 3.04. The summed E-state index contributed by atoms with van der Waals surface area (Å²) in [4.78, 5) is 11.8. The van der Waals surface area contributed by atoms with E-state index in [-0.39, 0.29) is 6.54 Å². The van der Waals surface area contributed by atoms with E-state index in [1.54, 1.807) is 23.4 Å². The standard InChI is InChI=1S/C12H14F3N5/c13-12(14,15)10(8-16)9-19-4-6-20(7-5-19)11-17-2-1-3-18-11/h1-3,10H,4-7,9H2. The van der Waals surface area contributed by atoms with E-state index >= 15 is 0 Å². The minimum atomic E-state index is -4.46. The molecule has 0 aromatic carbocycles. The SMILES string of the molecule is N#CC(CN1CCN(c2ncccn2)CC1)C(F)(F)F. The van der Waals surface area contributed by atoms with Crippen LogP contribution in [0.1, 0.15) is 0 Å². The van der Waals surface area contributed by atoms with E-state index in [0.717, 1.165) is 0 Å². The molecule has 5 nitrogen and oxygen atoms in total. The fourth-order valence-corrected chi connectivity index (χ4v) is 2.06. The number of piperazine rings is 1. The highest BCUT2D eigenvalue weighted by atomic mass is 19.4. The highest BCUT2D eigenvalue weighted by Crippen LogP contribution is 2.26. The Morgan fingerprint density at radius 3 is 2.30 bits per heavy atom. The van der Waals surface area contributed by atoms with Crippen LogP contribution in [0.2, 0.25) is 0 Å². The second kappa shape index (κ2) is 6.05. The largest absolute Gasteiger partial charge is 0.405 e. The highest BCUT2D eigenvalue weighted by molar-refractivity contribution is 5.29. The van der Waals surface area contributed by atoms with Crippen LogP contribution in [0.3, 0.4) is 0 Å². The van der Waals surface area contributed by atoms with Gasteiger partial charge >= 0.3 is 6.18 Å². The second-order valence-electron chi connectivity index (χ2n) is 4.56. The van der Waals surface area contributed by atoms with Gasteiger partial charge in [-0.1, -0.05) is 0 Å². The number of hydrogen-bond donors (Lipinski definition) is 0. The smallest absolute Gasteiger partial charge is 0.338 e. The van der Waals surface area contributed by atoms with Gasteiger partial charge in [0.25, 0.3) is 0 Å². The molecule has 1 aliphatic heterocycles. The van der Waals surface area contributed by atoms with Crippen molar-refractivity contribution in [2.75, 3.05) is 37.6 Å². The van der Waals surface area contributed by atoms with Crippen LogP contribution in [0.25, 0.3) is 0 Å². The van der Waals surface area contributed by atoms with Crippen LogP contribution in [0.15, 0.2) is 18.5 Å². The predicted octanol–water partition coefficient (Wildman–Crippen LogP) is 1.30. The van der Waals surface area contributed by atoms with Crippen molar-refractivity contribution in [2.24, 2.45) is 5.92 Å². The molecule has 1 atom stereocenters. The van der Waals surface area contributed by atoms with Gasteiger partial charge in [0.1, 0.15) is 0 Å². The quantitative estimate of drug-likeness (QED) is 0.838. The average Bonchev–Trinajstić information content (AvgIpc) is 2.45. The summed E-state index contributed by atoms with van der Waals surface area (Å²) >= 11 is 0. The summed E-state index contributed by atoms with van der Waals surface area (Å²) < 4.78 is 37.6. The molecule has 2 rings (SSSR count). The van der Waals surface area contributed by atoms with Crippen molar-refractivity contribution in [3.8, 4) is 6.07 Å². The Kier molecular flexibility index (Phi) is 4.39. The number of alkyl halides is 3. The van der Waals surface area contributed by atoms with Crippen molar-refractivity contribution in [2.45, 2.75) is 6.18 Å². The van der Waals surface area contributed by atoms with E-state index in [4.69, 9.17) is 5.26 Å². The zero-order valence-corrected chi connectivity index (χ0v) is 10.7. The molecule has 0 saturated carbocycles. The molecule has 8 heteroatoms. The molecule has 0 N–H and O–H groups in total. The van der Waals surface area contributed by atoms with Gasteiger partial charge in [0.15, 0.2) is 5.92 Å². The number of hydrogen-bond acceptors (Lipinski definition) is 5. The van der Waals surface area contributed by atoms with Crippen LogP contribution in [0, 0.1) is 17.2 Å². The van der Waals surface area contributed by atoms with Gasteiger partial charge in [-0.05, 0) is 6.07 Å². The van der Waals surface area contributed by atoms with Gasteiger partial charge in [0.05, 0.1) is 6.07 Å². The van der Waals surface area contributed by atoms with Crippen molar-refractivity contribution in [3.63, 3.8) is 0 Å². The molecule has 1 saturated heterocycles. The molecule has 20 heavy (non-hydrogen) atoms. The fraction of sp³-hybridized carbons (Fsp3) is 0.583. The number of nitrogens with zero attached hydrogens (tertiary/aromatic N) is 5. The molecular weight excluding hydrogens is 271 g/mol. The molecule has 2 heterocycles. The van der Waals surface area contributed by atoms with Gasteiger partial charge in [-0.2, -0.15) is 18.4 Å². The van der Waals surface area contributed by atoms with Crippen molar-refractivity contribution in [3.05, 3.63) is 18.5 Å². The summed E-state index contributed by atoms with van der Waals surface area (Å²) in [6.45, 7) is 1.77. The van der Waals surface area contributed by atoms with Gasteiger partial charge in [0, 0.05) is 45.1 Å². The molecule has 1 aromatic heterocycles. The molecule has 0 radical (unpaired) electrons. The second-order valence-corrected chi connectivity index (χ2v) is 4.56. The maximum absolute atomic E-state index is 12.5. The molecule has 1 fully saturated rings. The first kappa shape index (κ1) is 14.5. The molecule has 1 aliphatic rings. The molecule has 1 unspecified atom stereocenters. The summed E-state index contributed by atoms with van der Waals surface area (Å²) in [6.07, 6.45) is -1.21. The lowest BCUT2D eigenvalue weighted by Crippen LogP contribution is -2.49. The Labute approximate surface area is 114 Å².